The van der Waals surface area contributed by atoms with Crippen molar-refractivity contribution < 1.29 is 0 Å². The normalized spacial score (nSPS) is 10.8. The molecule has 0 aliphatic rings. The zero-order chi connectivity index (χ0) is 34.6. The van der Waals surface area contributed by atoms with Gasteiger partial charge in [-0.2, -0.15) is 5.26 Å². The minimum Gasteiger partial charge on any atom is -0.208 e. The molecule has 0 aliphatic carbocycles. The van der Waals surface area contributed by atoms with E-state index >= 15 is 0 Å². The molecule has 51 heavy (non-hydrogen) atoms. The molecule has 0 spiro atoms. The van der Waals surface area contributed by atoms with Crippen LogP contribution in [0.25, 0.3) is 78.7 Å². The van der Waals surface area contributed by atoms with Crippen LogP contribution in [0.5, 0.6) is 0 Å². The van der Waals surface area contributed by atoms with E-state index in [1.807, 2.05) is 72.8 Å². The van der Waals surface area contributed by atoms with Crippen LogP contribution in [0.1, 0.15) is 11.1 Å². The number of aryl methyl sites for hydroxylation is 1. The second-order valence-electron chi connectivity index (χ2n) is 12.6. The minimum atomic E-state index is 0.605. The maximum atomic E-state index is 9.88. The lowest BCUT2D eigenvalue weighted by atomic mass is 9.93. The molecule has 0 N–H and O–H groups in total. The maximum Gasteiger partial charge on any atom is 0.164 e. The Morgan fingerprint density at radius 3 is 1.27 bits per heavy atom. The van der Waals surface area contributed by atoms with Gasteiger partial charge in [-0.05, 0) is 81.8 Å². The number of aromatic nitrogens is 3. The molecule has 0 saturated heterocycles. The first kappa shape index (κ1) is 31.3. The number of nitrogens with zero attached hydrogens (tertiary/aromatic N) is 4. The monoisotopic (exact) mass is 652 g/mol. The van der Waals surface area contributed by atoms with E-state index in [2.05, 4.69) is 116 Å². The summed E-state index contributed by atoms with van der Waals surface area (Å²) in [5.41, 5.74) is 13.1. The number of hydrogen-bond acceptors (Lipinski definition) is 4. The molecule has 8 rings (SSSR count). The van der Waals surface area contributed by atoms with Crippen LogP contribution in [0.15, 0.2) is 176 Å². The van der Waals surface area contributed by atoms with E-state index < -0.39 is 0 Å². The first-order valence-corrected chi connectivity index (χ1v) is 16.9. The third-order valence-electron chi connectivity index (χ3n) is 8.98. The lowest BCUT2D eigenvalue weighted by Gasteiger charge is -2.11. The largest absolute Gasteiger partial charge is 0.208 e. The number of nitriles is 1. The summed E-state index contributed by atoms with van der Waals surface area (Å²) in [4.78, 5) is 14.9. The van der Waals surface area contributed by atoms with Crippen molar-refractivity contribution in [3.8, 4) is 84.7 Å². The van der Waals surface area contributed by atoms with Gasteiger partial charge in [-0.1, -0.05) is 151 Å². The molecule has 240 valence electrons. The van der Waals surface area contributed by atoms with E-state index in [1.54, 1.807) is 0 Å². The van der Waals surface area contributed by atoms with Crippen LogP contribution in [-0.2, 0) is 0 Å². The predicted molar refractivity (Wildman–Crippen MR) is 207 cm³/mol. The maximum absolute atomic E-state index is 9.88. The summed E-state index contributed by atoms with van der Waals surface area (Å²) in [7, 11) is 0. The second-order valence-corrected chi connectivity index (χ2v) is 12.6. The Morgan fingerprint density at radius 1 is 0.333 bits per heavy atom. The molecular formula is C47H32N4. The zero-order valence-electron chi connectivity index (χ0n) is 28.0. The lowest BCUT2D eigenvalue weighted by Crippen LogP contribution is -2.00. The Kier molecular flexibility index (Phi) is 8.52. The molecule has 7 aromatic carbocycles. The molecule has 0 aliphatic heterocycles. The molecule has 0 radical (unpaired) electrons. The van der Waals surface area contributed by atoms with Crippen LogP contribution in [0.2, 0.25) is 0 Å². The van der Waals surface area contributed by atoms with E-state index in [-0.39, 0.29) is 0 Å². The summed E-state index contributed by atoms with van der Waals surface area (Å²) in [5, 5.41) is 9.88. The fourth-order valence-electron chi connectivity index (χ4n) is 6.36. The van der Waals surface area contributed by atoms with Crippen molar-refractivity contribution >= 4 is 0 Å². The Labute approximate surface area is 298 Å². The van der Waals surface area contributed by atoms with Crippen molar-refractivity contribution in [3.05, 3.63) is 187 Å². The molecule has 1 heterocycles. The van der Waals surface area contributed by atoms with Crippen LogP contribution in [0, 0.1) is 18.3 Å². The SMILES string of the molecule is Cc1cccc(-c2cc(C#N)cc(-c3cccc(-c4cccc(-c5nc(-c6ccccc6)nc(-c6ccc(-c7ccccc7)cc6)n5)c4)c3)c2)c1. The van der Waals surface area contributed by atoms with Gasteiger partial charge in [-0.15, -0.1) is 0 Å². The van der Waals surface area contributed by atoms with Crippen LogP contribution in [0.3, 0.4) is 0 Å². The molecule has 4 nitrogen and oxygen atoms in total. The standard InChI is InChI=1S/C47H32N4/c1-32-11-8-16-38(25-32)43-26-33(31-48)27-44(30-43)41-19-9-17-39(28-41)40-18-10-20-42(29-40)47-50-45(36-14-6-3-7-15-36)49-46(51-47)37-23-21-35(22-24-37)34-12-4-2-5-13-34/h2-30H,1H3. The van der Waals surface area contributed by atoms with Gasteiger partial charge < -0.3 is 0 Å². The van der Waals surface area contributed by atoms with Gasteiger partial charge in [0.15, 0.2) is 17.5 Å². The molecule has 0 bridgehead atoms. The molecule has 0 unspecified atom stereocenters. The summed E-state index contributed by atoms with van der Waals surface area (Å²) < 4.78 is 0. The highest BCUT2D eigenvalue weighted by atomic mass is 15.0. The average Bonchev–Trinajstić information content (AvgIpc) is 3.21. The van der Waals surface area contributed by atoms with Crippen molar-refractivity contribution in [3.63, 3.8) is 0 Å². The Morgan fingerprint density at radius 2 is 0.706 bits per heavy atom. The Hall–Kier alpha value is -6.96. The molecule has 0 saturated carbocycles. The van der Waals surface area contributed by atoms with E-state index in [0.29, 0.717) is 23.0 Å². The Bertz CT molecular complexity index is 2530. The lowest BCUT2D eigenvalue weighted by molar-refractivity contribution is 1.07. The average molecular weight is 653 g/mol. The van der Waals surface area contributed by atoms with Gasteiger partial charge in [0.1, 0.15) is 0 Å². The van der Waals surface area contributed by atoms with Gasteiger partial charge in [0.2, 0.25) is 0 Å². The smallest absolute Gasteiger partial charge is 0.164 e. The quantitative estimate of drug-likeness (QED) is 0.172. The zero-order valence-corrected chi connectivity index (χ0v) is 28.0. The topological polar surface area (TPSA) is 62.5 Å². The van der Waals surface area contributed by atoms with Gasteiger partial charge in [-0.25, -0.2) is 15.0 Å². The van der Waals surface area contributed by atoms with Crippen molar-refractivity contribution in [1.82, 2.24) is 15.0 Å². The van der Waals surface area contributed by atoms with Crippen molar-refractivity contribution in [2.45, 2.75) is 6.92 Å². The molecular weight excluding hydrogens is 621 g/mol. The van der Waals surface area contributed by atoms with Gasteiger partial charge in [0, 0.05) is 16.7 Å². The molecule has 0 atom stereocenters. The summed E-state index contributed by atoms with van der Waals surface area (Å²) >= 11 is 0. The minimum absolute atomic E-state index is 0.605. The first-order chi connectivity index (χ1) is 25.1. The molecule has 1 aromatic heterocycles. The van der Waals surface area contributed by atoms with Crippen molar-refractivity contribution in [2.24, 2.45) is 0 Å². The van der Waals surface area contributed by atoms with E-state index in [1.165, 1.54) is 5.56 Å². The van der Waals surface area contributed by atoms with Crippen LogP contribution < -0.4 is 0 Å². The van der Waals surface area contributed by atoms with Crippen LogP contribution >= 0.6 is 0 Å². The first-order valence-electron chi connectivity index (χ1n) is 16.9. The molecule has 0 amide bonds. The fourth-order valence-corrected chi connectivity index (χ4v) is 6.36. The van der Waals surface area contributed by atoms with Gasteiger partial charge >= 0.3 is 0 Å². The number of benzene rings is 7. The van der Waals surface area contributed by atoms with E-state index in [0.717, 1.165) is 61.2 Å². The fraction of sp³-hybridized carbons (Fsp3) is 0.0213. The van der Waals surface area contributed by atoms with Crippen LogP contribution in [-0.4, -0.2) is 15.0 Å². The van der Waals surface area contributed by atoms with Gasteiger partial charge in [0.05, 0.1) is 11.6 Å². The van der Waals surface area contributed by atoms with Crippen LogP contribution in [0.4, 0.5) is 0 Å². The molecule has 0 fully saturated rings. The number of hydrogen-bond donors (Lipinski definition) is 0. The summed E-state index contributed by atoms with van der Waals surface area (Å²) in [5.74, 6) is 1.85. The molecule has 4 heteroatoms. The van der Waals surface area contributed by atoms with Gasteiger partial charge in [-0.3, -0.25) is 0 Å². The van der Waals surface area contributed by atoms with E-state index in [4.69, 9.17) is 15.0 Å². The Balaban J connectivity index is 1.17. The summed E-state index contributed by atoms with van der Waals surface area (Å²) in [6.07, 6.45) is 0. The summed E-state index contributed by atoms with van der Waals surface area (Å²) in [6, 6.07) is 62.3. The number of rotatable bonds is 7. The molecule has 8 aromatic rings. The highest BCUT2D eigenvalue weighted by Crippen LogP contribution is 2.33. The van der Waals surface area contributed by atoms with Gasteiger partial charge in [0.25, 0.3) is 0 Å². The van der Waals surface area contributed by atoms with Crippen molar-refractivity contribution in [2.75, 3.05) is 0 Å². The third kappa shape index (κ3) is 6.83. The third-order valence-corrected chi connectivity index (χ3v) is 8.98. The highest BCUT2D eigenvalue weighted by molar-refractivity contribution is 5.80. The summed E-state index contributed by atoms with van der Waals surface area (Å²) in [6.45, 7) is 2.08. The highest BCUT2D eigenvalue weighted by Gasteiger charge is 2.14. The second kappa shape index (κ2) is 13.9. The van der Waals surface area contributed by atoms with E-state index in [9.17, 15) is 5.26 Å². The predicted octanol–water partition coefficient (Wildman–Crippen LogP) is 11.7. The van der Waals surface area contributed by atoms with Crippen molar-refractivity contribution in [1.29, 1.82) is 5.26 Å².